The highest BCUT2D eigenvalue weighted by Crippen LogP contribution is 2.45. The number of hydrogen-bond acceptors (Lipinski definition) is 4. The van der Waals surface area contributed by atoms with Gasteiger partial charge in [-0.3, -0.25) is 5.32 Å². The molecule has 2 rings (SSSR count). The quantitative estimate of drug-likeness (QED) is 0.887. The van der Waals surface area contributed by atoms with Crippen molar-refractivity contribution in [1.29, 1.82) is 0 Å². The zero-order valence-electron chi connectivity index (χ0n) is 11.1. The van der Waals surface area contributed by atoms with Gasteiger partial charge in [-0.25, -0.2) is 9.59 Å². The van der Waals surface area contributed by atoms with Gasteiger partial charge in [0.1, 0.15) is 10.6 Å². The highest BCUT2D eigenvalue weighted by atomic mass is 32.1. The van der Waals surface area contributed by atoms with Crippen LogP contribution in [0, 0.1) is 0 Å². The van der Waals surface area contributed by atoms with Crippen molar-refractivity contribution < 1.29 is 19.4 Å². The fourth-order valence-electron chi connectivity index (χ4n) is 1.63. The third kappa shape index (κ3) is 3.70. The monoisotopic (exact) mass is 283 g/mol. The summed E-state index contributed by atoms with van der Waals surface area (Å²) in [6.07, 6.45) is 1.55. The Morgan fingerprint density at radius 3 is 2.53 bits per heavy atom. The minimum absolute atomic E-state index is 0.137. The molecule has 104 valence electrons. The van der Waals surface area contributed by atoms with E-state index in [-0.39, 0.29) is 5.56 Å². The summed E-state index contributed by atoms with van der Waals surface area (Å²) in [5.74, 6) is -0.577. The van der Waals surface area contributed by atoms with Crippen molar-refractivity contribution in [3.63, 3.8) is 0 Å². The van der Waals surface area contributed by atoms with Gasteiger partial charge in [-0.1, -0.05) is 0 Å². The highest BCUT2D eigenvalue weighted by molar-refractivity contribution is 7.16. The SMILES string of the molecule is CC(C)(C)OC(=O)Nc1sc(C2CC2)cc1C(=O)O. The second-order valence-corrected chi connectivity index (χ2v) is 6.68. The van der Waals surface area contributed by atoms with E-state index < -0.39 is 17.7 Å². The maximum Gasteiger partial charge on any atom is 0.412 e. The number of ether oxygens (including phenoxy) is 1. The van der Waals surface area contributed by atoms with Crippen LogP contribution in [0.15, 0.2) is 6.07 Å². The lowest BCUT2D eigenvalue weighted by Gasteiger charge is -2.19. The van der Waals surface area contributed by atoms with Crippen LogP contribution in [0.25, 0.3) is 0 Å². The maximum absolute atomic E-state index is 11.7. The summed E-state index contributed by atoms with van der Waals surface area (Å²) < 4.78 is 5.13. The molecule has 0 radical (unpaired) electrons. The second kappa shape index (κ2) is 4.85. The molecule has 1 aliphatic rings. The molecular weight excluding hydrogens is 266 g/mol. The average molecular weight is 283 g/mol. The van der Waals surface area contributed by atoms with Crippen LogP contribution in [0.4, 0.5) is 9.80 Å². The topological polar surface area (TPSA) is 75.6 Å². The molecule has 0 atom stereocenters. The van der Waals surface area contributed by atoms with Crippen LogP contribution >= 0.6 is 11.3 Å². The van der Waals surface area contributed by atoms with E-state index in [1.807, 2.05) is 0 Å². The average Bonchev–Trinajstić information content (AvgIpc) is 2.98. The van der Waals surface area contributed by atoms with Gasteiger partial charge in [0.15, 0.2) is 0 Å². The van der Waals surface area contributed by atoms with E-state index in [4.69, 9.17) is 9.84 Å². The van der Waals surface area contributed by atoms with Gasteiger partial charge in [-0.05, 0) is 45.6 Å². The molecule has 1 saturated carbocycles. The molecule has 1 aromatic heterocycles. The number of carbonyl (C=O) groups is 2. The van der Waals surface area contributed by atoms with Gasteiger partial charge >= 0.3 is 12.1 Å². The number of amides is 1. The first-order chi connectivity index (χ1) is 8.76. The first kappa shape index (κ1) is 13.9. The predicted octanol–water partition coefficient (Wildman–Crippen LogP) is 3.67. The van der Waals surface area contributed by atoms with Gasteiger partial charge in [-0.2, -0.15) is 0 Å². The minimum Gasteiger partial charge on any atom is -0.478 e. The fourth-order valence-corrected chi connectivity index (χ4v) is 2.83. The molecule has 0 aromatic carbocycles. The van der Waals surface area contributed by atoms with Crippen molar-refractivity contribution in [2.75, 3.05) is 5.32 Å². The number of aromatic carboxylic acids is 1. The standard InChI is InChI=1S/C13H17NO4S/c1-13(2,3)18-12(17)14-10-8(11(15)16)6-9(19-10)7-4-5-7/h6-7H,4-5H2,1-3H3,(H,14,17)(H,15,16). The third-order valence-electron chi connectivity index (χ3n) is 2.58. The van der Waals surface area contributed by atoms with Crippen LogP contribution in [0.5, 0.6) is 0 Å². The Morgan fingerprint density at radius 2 is 2.05 bits per heavy atom. The first-order valence-corrected chi connectivity index (χ1v) is 6.95. The number of hydrogen-bond donors (Lipinski definition) is 2. The highest BCUT2D eigenvalue weighted by Gasteiger charge is 2.29. The van der Waals surface area contributed by atoms with Gasteiger partial charge < -0.3 is 9.84 Å². The molecular formula is C13H17NO4S. The Bertz CT molecular complexity index is 511. The van der Waals surface area contributed by atoms with E-state index in [1.54, 1.807) is 26.8 Å². The summed E-state index contributed by atoms with van der Waals surface area (Å²) in [6.45, 7) is 5.28. The maximum atomic E-state index is 11.7. The molecule has 0 spiro atoms. The summed E-state index contributed by atoms with van der Waals surface area (Å²) in [4.78, 5) is 23.9. The van der Waals surface area contributed by atoms with Crippen molar-refractivity contribution >= 4 is 28.4 Å². The number of anilines is 1. The molecule has 1 fully saturated rings. The molecule has 1 amide bonds. The van der Waals surface area contributed by atoms with Crippen LogP contribution < -0.4 is 5.32 Å². The largest absolute Gasteiger partial charge is 0.478 e. The van der Waals surface area contributed by atoms with Crippen molar-refractivity contribution in [3.8, 4) is 0 Å². The first-order valence-electron chi connectivity index (χ1n) is 6.13. The molecule has 6 heteroatoms. The predicted molar refractivity (Wildman–Crippen MR) is 73.1 cm³/mol. The Kier molecular flexibility index (Phi) is 3.54. The van der Waals surface area contributed by atoms with Crippen LogP contribution in [0.1, 0.15) is 54.8 Å². The number of rotatable bonds is 3. The van der Waals surface area contributed by atoms with Gasteiger partial charge in [0.2, 0.25) is 0 Å². The Balaban J connectivity index is 2.14. The van der Waals surface area contributed by atoms with Crippen LogP contribution in [0.3, 0.4) is 0 Å². The number of carbonyl (C=O) groups excluding carboxylic acids is 1. The Morgan fingerprint density at radius 1 is 1.42 bits per heavy atom. The van der Waals surface area contributed by atoms with Crippen LogP contribution in [-0.4, -0.2) is 22.8 Å². The number of nitrogens with one attached hydrogen (secondary N) is 1. The summed E-state index contributed by atoms with van der Waals surface area (Å²) in [7, 11) is 0. The molecule has 5 nitrogen and oxygen atoms in total. The van der Waals surface area contributed by atoms with E-state index in [0.29, 0.717) is 10.9 Å². The van der Waals surface area contributed by atoms with Gasteiger partial charge in [0.25, 0.3) is 0 Å². The Labute approximate surface area is 115 Å². The van der Waals surface area contributed by atoms with E-state index >= 15 is 0 Å². The molecule has 1 aromatic rings. The molecule has 1 aliphatic carbocycles. The van der Waals surface area contributed by atoms with Gasteiger partial charge in [-0.15, -0.1) is 11.3 Å². The third-order valence-corrected chi connectivity index (χ3v) is 3.79. The van der Waals surface area contributed by atoms with Crippen molar-refractivity contribution in [2.45, 2.75) is 45.1 Å². The van der Waals surface area contributed by atoms with E-state index in [9.17, 15) is 9.59 Å². The summed E-state index contributed by atoms with van der Waals surface area (Å²) in [5, 5.41) is 12.0. The molecule has 19 heavy (non-hydrogen) atoms. The molecule has 0 aliphatic heterocycles. The zero-order valence-corrected chi connectivity index (χ0v) is 12.0. The van der Waals surface area contributed by atoms with Crippen LogP contribution in [0.2, 0.25) is 0 Å². The fraction of sp³-hybridized carbons (Fsp3) is 0.538. The van der Waals surface area contributed by atoms with Gasteiger partial charge in [0, 0.05) is 4.88 Å². The summed E-state index contributed by atoms with van der Waals surface area (Å²) >= 11 is 1.32. The molecule has 0 bridgehead atoms. The minimum atomic E-state index is -1.03. The normalized spacial score (nSPS) is 15.1. The zero-order chi connectivity index (χ0) is 14.2. The van der Waals surface area contributed by atoms with E-state index in [1.165, 1.54) is 11.3 Å². The molecule has 1 heterocycles. The lowest BCUT2D eigenvalue weighted by Crippen LogP contribution is -2.27. The van der Waals surface area contributed by atoms with Gasteiger partial charge in [0.05, 0.1) is 5.56 Å². The molecule has 2 N–H and O–H groups in total. The lowest BCUT2D eigenvalue weighted by molar-refractivity contribution is 0.0636. The number of carboxylic acid groups (broad SMARTS) is 1. The molecule has 0 saturated heterocycles. The van der Waals surface area contributed by atoms with Crippen molar-refractivity contribution in [2.24, 2.45) is 0 Å². The number of carboxylic acids is 1. The summed E-state index contributed by atoms with van der Waals surface area (Å²) in [5.41, 5.74) is -0.470. The number of thiophene rings is 1. The van der Waals surface area contributed by atoms with E-state index in [2.05, 4.69) is 5.32 Å². The second-order valence-electron chi connectivity index (χ2n) is 5.60. The van der Waals surface area contributed by atoms with Crippen LogP contribution in [-0.2, 0) is 4.74 Å². The van der Waals surface area contributed by atoms with E-state index in [0.717, 1.165) is 17.7 Å². The van der Waals surface area contributed by atoms with Crippen molar-refractivity contribution in [1.82, 2.24) is 0 Å². The Hall–Kier alpha value is -1.56. The lowest BCUT2D eigenvalue weighted by atomic mass is 10.2. The smallest absolute Gasteiger partial charge is 0.412 e. The molecule has 0 unspecified atom stereocenters. The summed E-state index contributed by atoms with van der Waals surface area (Å²) in [6, 6.07) is 1.65. The van der Waals surface area contributed by atoms with Crippen molar-refractivity contribution in [3.05, 3.63) is 16.5 Å².